The quantitative estimate of drug-likeness (QED) is 0.655. The molecule has 0 heterocycles. The lowest BCUT2D eigenvalue weighted by atomic mass is 9.86. The minimum Gasteiger partial charge on any atom is -0.395 e. The standard InChI is InChI=1S/C14H26O/c1-6-14(5,11-15)10-13(4)9-7-8-12(2)3/h8,10,15H,6-7,9,11H2,1-5H3/b13-10+. The van der Waals surface area contributed by atoms with E-state index in [0.29, 0.717) is 0 Å². The second-order valence-electron chi connectivity index (χ2n) is 4.98. The maximum Gasteiger partial charge on any atom is 0.0519 e. The first-order chi connectivity index (χ1) is 6.93. The highest BCUT2D eigenvalue weighted by molar-refractivity contribution is 5.08. The van der Waals surface area contributed by atoms with Crippen LogP contribution in [-0.4, -0.2) is 11.7 Å². The molecule has 88 valence electrons. The number of hydrogen-bond donors (Lipinski definition) is 1. The lowest BCUT2D eigenvalue weighted by Crippen LogP contribution is -2.17. The molecule has 1 N–H and O–H groups in total. The molecule has 0 aromatic carbocycles. The maximum absolute atomic E-state index is 9.29. The van der Waals surface area contributed by atoms with Crippen LogP contribution in [0.1, 0.15) is 53.9 Å². The van der Waals surface area contributed by atoms with E-state index in [4.69, 9.17) is 0 Å². The summed E-state index contributed by atoms with van der Waals surface area (Å²) >= 11 is 0. The molecule has 15 heavy (non-hydrogen) atoms. The zero-order valence-electron chi connectivity index (χ0n) is 10.9. The van der Waals surface area contributed by atoms with Gasteiger partial charge in [-0.3, -0.25) is 0 Å². The zero-order valence-corrected chi connectivity index (χ0v) is 10.9. The minimum atomic E-state index is -0.0327. The van der Waals surface area contributed by atoms with Gasteiger partial charge in [-0.15, -0.1) is 0 Å². The Morgan fingerprint density at radius 1 is 1.27 bits per heavy atom. The molecular weight excluding hydrogens is 184 g/mol. The van der Waals surface area contributed by atoms with Gasteiger partial charge in [0.05, 0.1) is 6.61 Å². The van der Waals surface area contributed by atoms with Crippen molar-refractivity contribution in [1.82, 2.24) is 0 Å². The fraction of sp³-hybridized carbons (Fsp3) is 0.714. The van der Waals surface area contributed by atoms with E-state index < -0.39 is 0 Å². The van der Waals surface area contributed by atoms with Gasteiger partial charge in [-0.25, -0.2) is 0 Å². The van der Waals surface area contributed by atoms with E-state index in [2.05, 4.69) is 46.8 Å². The first-order valence-corrected chi connectivity index (χ1v) is 5.86. The normalized spacial score (nSPS) is 16.0. The summed E-state index contributed by atoms with van der Waals surface area (Å²) in [5, 5.41) is 9.29. The second-order valence-corrected chi connectivity index (χ2v) is 4.98. The molecule has 0 aromatic heterocycles. The summed E-state index contributed by atoms with van der Waals surface area (Å²) in [5.74, 6) is 0. The van der Waals surface area contributed by atoms with Crippen molar-refractivity contribution < 1.29 is 5.11 Å². The average molecular weight is 210 g/mol. The predicted molar refractivity (Wildman–Crippen MR) is 67.9 cm³/mol. The number of aliphatic hydroxyl groups is 1. The van der Waals surface area contributed by atoms with Crippen molar-refractivity contribution in [2.45, 2.75) is 53.9 Å². The SMILES string of the molecule is CCC(C)(/C=C(\C)CCC=C(C)C)CO. The molecule has 0 saturated heterocycles. The molecule has 1 heteroatoms. The van der Waals surface area contributed by atoms with Crippen LogP contribution in [0.25, 0.3) is 0 Å². The fourth-order valence-corrected chi connectivity index (χ4v) is 1.52. The van der Waals surface area contributed by atoms with E-state index in [1.807, 2.05) is 0 Å². The van der Waals surface area contributed by atoms with Crippen molar-refractivity contribution in [1.29, 1.82) is 0 Å². The van der Waals surface area contributed by atoms with Crippen LogP contribution in [0.3, 0.4) is 0 Å². The van der Waals surface area contributed by atoms with Gasteiger partial charge >= 0.3 is 0 Å². The molecule has 0 spiro atoms. The number of hydrogen-bond acceptors (Lipinski definition) is 1. The summed E-state index contributed by atoms with van der Waals surface area (Å²) in [6, 6.07) is 0. The van der Waals surface area contributed by atoms with Gasteiger partial charge in [-0.05, 0) is 40.0 Å². The molecule has 0 bridgehead atoms. The third-order valence-corrected chi connectivity index (χ3v) is 2.86. The van der Waals surface area contributed by atoms with Crippen molar-refractivity contribution in [3.05, 3.63) is 23.3 Å². The molecule has 0 saturated carbocycles. The summed E-state index contributed by atoms with van der Waals surface area (Å²) in [6.45, 7) is 10.9. The third-order valence-electron chi connectivity index (χ3n) is 2.86. The molecule has 1 unspecified atom stereocenters. The number of aliphatic hydroxyl groups excluding tert-OH is 1. The molecule has 0 rings (SSSR count). The summed E-state index contributed by atoms with van der Waals surface area (Å²) in [6.07, 6.45) is 7.69. The Hall–Kier alpha value is -0.560. The highest BCUT2D eigenvalue weighted by Gasteiger charge is 2.17. The van der Waals surface area contributed by atoms with Crippen LogP contribution in [-0.2, 0) is 0 Å². The molecular formula is C14H26O. The Balaban J connectivity index is 4.24. The monoisotopic (exact) mass is 210 g/mol. The molecule has 0 aromatic rings. The van der Waals surface area contributed by atoms with E-state index in [-0.39, 0.29) is 12.0 Å². The molecule has 0 amide bonds. The summed E-state index contributed by atoms with van der Waals surface area (Å²) in [5.41, 5.74) is 2.73. The predicted octanol–water partition coefficient (Wildman–Crippen LogP) is 4.09. The number of allylic oxidation sites excluding steroid dienone is 3. The lowest BCUT2D eigenvalue weighted by Gasteiger charge is -2.22. The van der Waals surface area contributed by atoms with E-state index >= 15 is 0 Å². The summed E-state index contributed by atoms with van der Waals surface area (Å²) < 4.78 is 0. The lowest BCUT2D eigenvalue weighted by molar-refractivity contribution is 0.179. The molecule has 0 radical (unpaired) electrons. The average Bonchev–Trinajstić information content (AvgIpc) is 2.17. The highest BCUT2D eigenvalue weighted by atomic mass is 16.3. The van der Waals surface area contributed by atoms with Crippen LogP contribution in [0.15, 0.2) is 23.3 Å². The Morgan fingerprint density at radius 2 is 1.87 bits per heavy atom. The summed E-state index contributed by atoms with van der Waals surface area (Å²) in [4.78, 5) is 0. The van der Waals surface area contributed by atoms with Crippen LogP contribution < -0.4 is 0 Å². The Labute approximate surface area is 94.9 Å². The van der Waals surface area contributed by atoms with Gasteiger partial charge in [0.25, 0.3) is 0 Å². The molecule has 0 fully saturated rings. The van der Waals surface area contributed by atoms with Gasteiger partial charge in [-0.2, -0.15) is 0 Å². The largest absolute Gasteiger partial charge is 0.395 e. The molecule has 1 nitrogen and oxygen atoms in total. The first-order valence-electron chi connectivity index (χ1n) is 5.86. The third kappa shape index (κ3) is 6.51. The van der Waals surface area contributed by atoms with E-state index in [0.717, 1.165) is 19.3 Å². The van der Waals surface area contributed by atoms with Crippen molar-refractivity contribution >= 4 is 0 Å². The van der Waals surface area contributed by atoms with Gasteiger partial charge in [0.15, 0.2) is 0 Å². The fourth-order valence-electron chi connectivity index (χ4n) is 1.52. The van der Waals surface area contributed by atoms with Gasteiger partial charge in [0, 0.05) is 5.41 Å². The van der Waals surface area contributed by atoms with E-state index in [9.17, 15) is 5.11 Å². The Kier molecular flexibility index (Phi) is 6.58. The number of rotatable bonds is 6. The second kappa shape index (κ2) is 6.84. The van der Waals surface area contributed by atoms with E-state index in [1.165, 1.54) is 11.1 Å². The Bertz CT molecular complexity index is 228. The van der Waals surface area contributed by atoms with Crippen molar-refractivity contribution in [2.75, 3.05) is 6.61 Å². The zero-order chi connectivity index (χ0) is 11.9. The molecule has 0 aliphatic rings. The van der Waals surface area contributed by atoms with E-state index in [1.54, 1.807) is 0 Å². The topological polar surface area (TPSA) is 20.2 Å². The van der Waals surface area contributed by atoms with Gasteiger partial charge in [0.2, 0.25) is 0 Å². The van der Waals surface area contributed by atoms with Crippen LogP contribution in [0.4, 0.5) is 0 Å². The van der Waals surface area contributed by atoms with Crippen molar-refractivity contribution in [3.63, 3.8) is 0 Å². The van der Waals surface area contributed by atoms with Crippen molar-refractivity contribution in [2.24, 2.45) is 5.41 Å². The minimum absolute atomic E-state index is 0.0327. The smallest absolute Gasteiger partial charge is 0.0519 e. The van der Waals surface area contributed by atoms with Gasteiger partial charge in [-0.1, -0.05) is 37.1 Å². The maximum atomic E-state index is 9.29. The van der Waals surface area contributed by atoms with Gasteiger partial charge < -0.3 is 5.11 Å². The van der Waals surface area contributed by atoms with Crippen LogP contribution in [0, 0.1) is 5.41 Å². The molecule has 0 aliphatic carbocycles. The Morgan fingerprint density at radius 3 is 2.27 bits per heavy atom. The molecule has 0 aliphatic heterocycles. The molecule has 1 atom stereocenters. The van der Waals surface area contributed by atoms with Crippen molar-refractivity contribution in [3.8, 4) is 0 Å². The van der Waals surface area contributed by atoms with Crippen LogP contribution >= 0.6 is 0 Å². The van der Waals surface area contributed by atoms with Gasteiger partial charge in [0.1, 0.15) is 0 Å². The summed E-state index contributed by atoms with van der Waals surface area (Å²) in [7, 11) is 0. The van der Waals surface area contributed by atoms with Crippen LogP contribution in [0.5, 0.6) is 0 Å². The first kappa shape index (κ1) is 14.4. The van der Waals surface area contributed by atoms with Crippen LogP contribution in [0.2, 0.25) is 0 Å². The highest BCUT2D eigenvalue weighted by Crippen LogP contribution is 2.25.